The van der Waals surface area contributed by atoms with Gasteiger partial charge in [0, 0.05) is 5.92 Å². The van der Waals surface area contributed by atoms with E-state index in [0.29, 0.717) is 11.3 Å². The summed E-state index contributed by atoms with van der Waals surface area (Å²) >= 11 is 0. The molecule has 3 heteroatoms. The average Bonchev–Trinajstić information content (AvgIpc) is 2.60. The minimum atomic E-state index is -3.45. The van der Waals surface area contributed by atoms with Crippen molar-refractivity contribution in [2.45, 2.75) is 56.1 Å². The molecule has 0 aromatic heterocycles. The van der Waals surface area contributed by atoms with Crippen LogP contribution in [-0.2, 0) is 16.3 Å². The van der Waals surface area contributed by atoms with Gasteiger partial charge in [0.2, 0.25) is 0 Å². The van der Waals surface area contributed by atoms with Gasteiger partial charge in [0.1, 0.15) is 0 Å². The molecular formula is C22H26O2S. The molecule has 2 aliphatic rings. The number of hydrogen-bond donors (Lipinski definition) is 0. The summed E-state index contributed by atoms with van der Waals surface area (Å²) in [6.07, 6.45) is 1.53. The van der Waals surface area contributed by atoms with Gasteiger partial charge in [-0.3, -0.25) is 0 Å². The lowest BCUT2D eigenvalue weighted by Gasteiger charge is -2.73. The zero-order valence-corrected chi connectivity index (χ0v) is 16.2. The maximum absolute atomic E-state index is 13.9. The van der Waals surface area contributed by atoms with Crippen molar-refractivity contribution in [1.29, 1.82) is 0 Å². The lowest BCUT2D eigenvalue weighted by Crippen LogP contribution is -2.75. The molecular weight excluding hydrogens is 328 g/mol. The van der Waals surface area contributed by atoms with Gasteiger partial charge < -0.3 is 0 Å². The van der Waals surface area contributed by atoms with Crippen LogP contribution in [0, 0.1) is 10.8 Å². The summed E-state index contributed by atoms with van der Waals surface area (Å²) in [4.78, 5) is 0.461. The van der Waals surface area contributed by atoms with E-state index < -0.39 is 14.6 Å². The van der Waals surface area contributed by atoms with Crippen LogP contribution < -0.4 is 0 Å². The monoisotopic (exact) mass is 354 g/mol. The summed E-state index contributed by atoms with van der Waals surface area (Å²) < 4.78 is 27.0. The molecule has 0 aliphatic heterocycles. The molecule has 1 saturated carbocycles. The Kier molecular flexibility index (Phi) is 3.35. The second kappa shape index (κ2) is 4.97. The third kappa shape index (κ3) is 1.78. The van der Waals surface area contributed by atoms with Crippen LogP contribution in [0.5, 0.6) is 0 Å². The molecule has 0 N–H and O–H groups in total. The molecule has 0 amide bonds. The molecule has 2 aromatic rings. The molecule has 1 fully saturated rings. The van der Waals surface area contributed by atoms with E-state index in [2.05, 4.69) is 45.9 Å². The molecule has 25 heavy (non-hydrogen) atoms. The van der Waals surface area contributed by atoms with Crippen molar-refractivity contribution < 1.29 is 8.42 Å². The van der Waals surface area contributed by atoms with Crippen molar-refractivity contribution in [3.8, 4) is 0 Å². The molecule has 2 aromatic carbocycles. The second-order valence-electron chi connectivity index (χ2n) is 8.68. The van der Waals surface area contributed by atoms with Gasteiger partial charge in [0.25, 0.3) is 0 Å². The molecule has 0 radical (unpaired) electrons. The summed E-state index contributed by atoms with van der Waals surface area (Å²) in [7, 11) is -3.45. The highest BCUT2D eigenvalue weighted by Crippen LogP contribution is 2.76. The Bertz CT molecular complexity index is 926. The lowest BCUT2D eigenvalue weighted by molar-refractivity contribution is -0.111. The van der Waals surface area contributed by atoms with Gasteiger partial charge in [0.15, 0.2) is 9.84 Å². The Hall–Kier alpha value is -1.61. The van der Waals surface area contributed by atoms with Crippen molar-refractivity contribution in [1.82, 2.24) is 0 Å². The van der Waals surface area contributed by atoms with Gasteiger partial charge in [-0.05, 0) is 46.9 Å². The largest absolute Gasteiger partial charge is 0.223 e. The summed E-state index contributed by atoms with van der Waals surface area (Å²) in [5, 5.41) is 0. The highest BCUT2D eigenvalue weighted by Gasteiger charge is 2.77. The zero-order chi connectivity index (χ0) is 18.1. The number of sulfone groups is 1. The Morgan fingerprint density at radius 1 is 0.880 bits per heavy atom. The third-order valence-corrected chi connectivity index (χ3v) is 10.3. The maximum atomic E-state index is 13.9. The van der Waals surface area contributed by atoms with Crippen LogP contribution in [0.25, 0.3) is 0 Å². The van der Waals surface area contributed by atoms with Crippen molar-refractivity contribution in [3.63, 3.8) is 0 Å². The van der Waals surface area contributed by atoms with E-state index in [4.69, 9.17) is 0 Å². The molecule has 0 bridgehead atoms. The molecule has 2 atom stereocenters. The first-order chi connectivity index (χ1) is 11.7. The fourth-order valence-electron chi connectivity index (χ4n) is 5.67. The molecule has 0 spiro atoms. The van der Waals surface area contributed by atoms with E-state index >= 15 is 0 Å². The second-order valence-corrected chi connectivity index (χ2v) is 10.9. The first kappa shape index (κ1) is 16.8. The predicted octanol–water partition coefficient (Wildman–Crippen LogP) is 5.00. The summed E-state index contributed by atoms with van der Waals surface area (Å²) in [5.41, 5.74) is 2.17. The fourth-order valence-corrected chi connectivity index (χ4v) is 8.64. The first-order valence-electron chi connectivity index (χ1n) is 9.05. The van der Waals surface area contributed by atoms with Gasteiger partial charge in [-0.15, -0.1) is 0 Å². The quantitative estimate of drug-likeness (QED) is 0.761. The molecule has 2 unspecified atom stereocenters. The van der Waals surface area contributed by atoms with Gasteiger partial charge >= 0.3 is 0 Å². The average molecular weight is 355 g/mol. The van der Waals surface area contributed by atoms with E-state index in [1.165, 1.54) is 11.1 Å². The Balaban J connectivity index is 1.99. The number of fused-ring (bicyclic) bond motifs is 3. The Labute approximate surface area is 151 Å². The van der Waals surface area contributed by atoms with Gasteiger partial charge in [-0.25, -0.2) is 8.42 Å². The van der Waals surface area contributed by atoms with Crippen LogP contribution in [-0.4, -0.2) is 13.2 Å². The third-order valence-electron chi connectivity index (χ3n) is 7.52. The van der Waals surface area contributed by atoms with Gasteiger partial charge in [-0.1, -0.05) is 70.2 Å². The van der Waals surface area contributed by atoms with Crippen molar-refractivity contribution in [2.24, 2.45) is 10.8 Å². The maximum Gasteiger partial charge on any atom is 0.185 e. The lowest BCUT2D eigenvalue weighted by atomic mass is 9.36. The fraction of sp³-hybridized carbons (Fsp3) is 0.455. The molecule has 0 heterocycles. The summed E-state index contributed by atoms with van der Waals surface area (Å²) in [6.45, 7) is 8.77. The standard InChI is InChI=1S/C22H26O2S/c1-20(2)19-18-13-9-8-10-16(18)14-15-22(19,21(20,3)4)25(23,24)17-11-6-5-7-12-17/h5-13,19H,14-15H2,1-4H3. The SMILES string of the molecule is CC1(C)C2c3ccccc3CCC2(S(=O)(=O)c2ccccc2)C1(C)C. The number of aryl methyl sites for hydroxylation is 1. The normalized spacial score (nSPS) is 29.2. The van der Waals surface area contributed by atoms with Crippen LogP contribution in [0.15, 0.2) is 59.5 Å². The highest BCUT2D eigenvalue weighted by molar-refractivity contribution is 7.93. The number of benzene rings is 2. The summed E-state index contributed by atoms with van der Waals surface area (Å²) in [6, 6.07) is 17.4. The van der Waals surface area contributed by atoms with Crippen LogP contribution in [0.1, 0.15) is 51.2 Å². The van der Waals surface area contributed by atoms with Crippen molar-refractivity contribution in [2.75, 3.05) is 0 Å². The van der Waals surface area contributed by atoms with Gasteiger partial charge in [-0.2, -0.15) is 0 Å². The molecule has 4 rings (SSSR count). The number of rotatable bonds is 2. The Morgan fingerprint density at radius 3 is 2.16 bits per heavy atom. The number of hydrogen-bond acceptors (Lipinski definition) is 2. The van der Waals surface area contributed by atoms with E-state index in [9.17, 15) is 8.42 Å². The Morgan fingerprint density at radius 2 is 1.48 bits per heavy atom. The van der Waals surface area contributed by atoms with Crippen molar-refractivity contribution >= 4 is 9.84 Å². The molecule has 0 saturated heterocycles. The molecule has 132 valence electrons. The van der Waals surface area contributed by atoms with E-state index in [-0.39, 0.29) is 16.7 Å². The minimum Gasteiger partial charge on any atom is -0.223 e. The van der Waals surface area contributed by atoms with E-state index in [0.717, 1.165) is 6.42 Å². The summed E-state index contributed by atoms with van der Waals surface area (Å²) in [5.74, 6) is 0.0326. The zero-order valence-electron chi connectivity index (χ0n) is 15.4. The van der Waals surface area contributed by atoms with Gasteiger partial charge in [0.05, 0.1) is 9.64 Å². The van der Waals surface area contributed by atoms with E-state index in [1.54, 1.807) is 12.1 Å². The molecule has 2 aliphatic carbocycles. The van der Waals surface area contributed by atoms with Crippen LogP contribution >= 0.6 is 0 Å². The molecule has 2 nitrogen and oxygen atoms in total. The predicted molar refractivity (Wildman–Crippen MR) is 101 cm³/mol. The smallest absolute Gasteiger partial charge is 0.185 e. The highest BCUT2D eigenvalue weighted by atomic mass is 32.2. The van der Waals surface area contributed by atoms with E-state index in [1.807, 2.05) is 24.3 Å². The topological polar surface area (TPSA) is 34.1 Å². The van der Waals surface area contributed by atoms with Crippen molar-refractivity contribution in [3.05, 3.63) is 65.7 Å². The first-order valence-corrected chi connectivity index (χ1v) is 10.5. The van der Waals surface area contributed by atoms with Crippen LogP contribution in [0.3, 0.4) is 0 Å². The van der Waals surface area contributed by atoms with Crippen LogP contribution in [0.2, 0.25) is 0 Å². The minimum absolute atomic E-state index is 0.0326. The van der Waals surface area contributed by atoms with Crippen LogP contribution in [0.4, 0.5) is 0 Å².